The molecule has 0 aliphatic heterocycles. The summed E-state index contributed by atoms with van der Waals surface area (Å²) in [5, 5.41) is 4.05. The Balaban J connectivity index is 1.57. The second kappa shape index (κ2) is 11.3. The standard InChI is InChI=1S/C24H24BrN3O3/c1-3-18-12-17(2)13-22(14-18)30-10-11-31-23-5-4-21(25)15-20(23)16-27-28-24(29)19-6-8-26-9-7-19/h4-9,12-16H,3,10-11H2,1-2H3,(H,28,29)/b27-16+. The molecule has 0 bridgehead atoms. The Kier molecular flexibility index (Phi) is 8.18. The van der Waals surface area contributed by atoms with Crippen LogP contribution in [0.4, 0.5) is 0 Å². The van der Waals surface area contributed by atoms with Crippen molar-refractivity contribution in [3.05, 3.63) is 87.7 Å². The molecule has 0 fully saturated rings. The van der Waals surface area contributed by atoms with Gasteiger partial charge in [-0.05, 0) is 66.9 Å². The number of hydrogen-bond donors (Lipinski definition) is 1. The summed E-state index contributed by atoms with van der Waals surface area (Å²) in [4.78, 5) is 16.0. The van der Waals surface area contributed by atoms with E-state index >= 15 is 0 Å². The number of ether oxygens (including phenoxy) is 2. The van der Waals surface area contributed by atoms with Crippen molar-refractivity contribution >= 4 is 28.1 Å². The lowest BCUT2D eigenvalue weighted by atomic mass is 10.1. The van der Waals surface area contributed by atoms with Crippen LogP contribution < -0.4 is 14.9 Å². The van der Waals surface area contributed by atoms with E-state index in [-0.39, 0.29) is 5.91 Å². The number of pyridine rings is 1. The molecule has 0 unspecified atom stereocenters. The van der Waals surface area contributed by atoms with E-state index in [2.05, 4.69) is 57.4 Å². The van der Waals surface area contributed by atoms with Gasteiger partial charge >= 0.3 is 0 Å². The van der Waals surface area contributed by atoms with Gasteiger partial charge in [-0.1, -0.05) is 28.9 Å². The quantitative estimate of drug-likeness (QED) is 0.267. The normalized spacial score (nSPS) is 10.8. The molecule has 0 aliphatic carbocycles. The number of nitrogens with one attached hydrogen (secondary N) is 1. The fraction of sp³-hybridized carbons (Fsp3) is 0.208. The highest BCUT2D eigenvalue weighted by molar-refractivity contribution is 9.10. The SMILES string of the molecule is CCc1cc(C)cc(OCCOc2ccc(Br)cc2/C=N/NC(=O)c2ccncc2)c1. The molecule has 6 nitrogen and oxygen atoms in total. The highest BCUT2D eigenvalue weighted by Gasteiger charge is 2.06. The van der Waals surface area contributed by atoms with E-state index in [1.165, 1.54) is 11.1 Å². The minimum atomic E-state index is -0.311. The van der Waals surface area contributed by atoms with Crippen LogP contribution in [0.1, 0.15) is 34.0 Å². The van der Waals surface area contributed by atoms with Crippen LogP contribution in [-0.2, 0) is 6.42 Å². The van der Waals surface area contributed by atoms with Crippen molar-refractivity contribution < 1.29 is 14.3 Å². The zero-order chi connectivity index (χ0) is 22.1. The van der Waals surface area contributed by atoms with E-state index in [1.54, 1.807) is 30.7 Å². The molecule has 3 aromatic rings. The van der Waals surface area contributed by atoms with E-state index in [0.29, 0.717) is 24.5 Å². The Morgan fingerprint density at radius 3 is 2.65 bits per heavy atom. The minimum absolute atomic E-state index is 0.311. The maximum absolute atomic E-state index is 12.1. The van der Waals surface area contributed by atoms with Gasteiger partial charge in [0.05, 0.1) is 6.21 Å². The summed E-state index contributed by atoms with van der Waals surface area (Å²) in [6.45, 7) is 4.97. The van der Waals surface area contributed by atoms with E-state index in [1.807, 2.05) is 24.3 Å². The third-order valence-corrected chi connectivity index (χ3v) is 4.91. The monoisotopic (exact) mass is 481 g/mol. The first-order valence-electron chi connectivity index (χ1n) is 9.94. The Morgan fingerprint density at radius 1 is 1.10 bits per heavy atom. The van der Waals surface area contributed by atoms with Gasteiger partial charge < -0.3 is 9.47 Å². The van der Waals surface area contributed by atoms with Gasteiger partial charge in [-0.2, -0.15) is 5.10 Å². The molecule has 0 radical (unpaired) electrons. The summed E-state index contributed by atoms with van der Waals surface area (Å²) < 4.78 is 12.6. The highest BCUT2D eigenvalue weighted by Crippen LogP contribution is 2.22. The van der Waals surface area contributed by atoms with Crippen LogP contribution in [0.3, 0.4) is 0 Å². The molecule has 0 spiro atoms. The lowest BCUT2D eigenvalue weighted by Crippen LogP contribution is -2.17. The van der Waals surface area contributed by atoms with E-state index in [4.69, 9.17) is 9.47 Å². The summed E-state index contributed by atoms with van der Waals surface area (Å²) in [6, 6.07) is 15.1. The van der Waals surface area contributed by atoms with Crippen LogP contribution in [0.25, 0.3) is 0 Å². The van der Waals surface area contributed by atoms with Crippen molar-refractivity contribution in [2.45, 2.75) is 20.3 Å². The number of rotatable bonds is 9. The van der Waals surface area contributed by atoms with E-state index < -0.39 is 0 Å². The van der Waals surface area contributed by atoms with Crippen molar-refractivity contribution in [2.24, 2.45) is 5.10 Å². The van der Waals surface area contributed by atoms with E-state index in [9.17, 15) is 4.79 Å². The maximum atomic E-state index is 12.1. The molecule has 1 aromatic heterocycles. The number of aryl methyl sites for hydroxylation is 2. The molecule has 1 amide bonds. The van der Waals surface area contributed by atoms with Crippen LogP contribution in [-0.4, -0.2) is 30.3 Å². The number of aromatic nitrogens is 1. The third-order valence-electron chi connectivity index (χ3n) is 4.41. The van der Waals surface area contributed by atoms with Gasteiger partial charge in [0.1, 0.15) is 24.7 Å². The zero-order valence-corrected chi connectivity index (χ0v) is 19.1. The summed E-state index contributed by atoms with van der Waals surface area (Å²) in [6.07, 6.45) is 5.63. The molecular formula is C24H24BrN3O3. The van der Waals surface area contributed by atoms with Crippen LogP contribution in [0.2, 0.25) is 0 Å². The number of amides is 1. The third kappa shape index (κ3) is 6.93. The first kappa shape index (κ1) is 22.5. The van der Waals surface area contributed by atoms with Gasteiger partial charge in [-0.15, -0.1) is 0 Å². The minimum Gasteiger partial charge on any atom is -0.490 e. The summed E-state index contributed by atoms with van der Waals surface area (Å²) in [5.74, 6) is 1.18. The zero-order valence-electron chi connectivity index (χ0n) is 17.5. The van der Waals surface area contributed by atoms with Gasteiger partial charge in [0.25, 0.3) is 5.91 Å². The predicted molar refractivity (Wildman–Crippen MR) is 125 cm³/mol. The van der Waals surface area contributed by atoms with Crippen LogP contribution in [0, 0.1) is 6.92 Å². The average Bonchev–Trinajstić information content (AvgIpc) is 2.78. The summed E-state index contributed by atoms with van der Waals surface area (Å²) in [7, 11) is 0. The molecule has 3 rings (SSSR count). The van der Waals surface area contributed by atoms with Crippen LogP contribution in [0.15, 0.2) is 70.5 Å². The number of carbonyl (C=O) groups is 1. The molecule has 0 atom stereocenters. The second-order valence-electron chi connectivity index (χ2n) is 6.82. The topological polar surface area (TPSA) is 72.8 Å². The average molecular weight is 482 g/mol. The lowest BCUT2D eigenvalue weighted by molar-refractivity contribution is 0.0955. The fourth-order valence-electron chi connectivity index (χ4n) is 2.90. The maximum Gasteiger partial charge on any atom is 0.271 e. The van der Waals surface area contributed by atoms with Crippen molar-refractivity contribution in [1.29, 1.82) is 0 Å². The smallest absolute Gasteiger partial charge is 0.271 e. The Morgan fingerprint density at radius 2 is 1.87 bits per heavy atom. The number of halogens is 1. The van der Waals surface area contributed by atoms with Crippen molar-refractivity contribution in [3.63, 3.8) is 0 Å². The number of nitrogens with zero attached hydrogens (tertiary/aromatic N) is 2. The summed E-state index contributed by atoms with van der Waals surface area (Å²) >= 11 is 3.45. The van der Waals surface area contributed by atoms with Gasteiger partial charge in [-0.3, -0.25) is 9.78 Å². The molecule has 31 heavy (non-hydrogen) atoms. The first-order valence-corrected chi connectivity index (χ1v) is 10.7. The fourth-order valence-corrected chi connectivity index (χ4v) is 3.28. The van der Waals surface area contributed by atoms with Gasteiger partial charge in [0.15, 0.2) is 0 Å². The number of hydrogen-bond acceptors (Lipinski definition) is 5. The van der Waals surface area contributed by atoms with Gasteiger partial charge in [0, 0.05) is 28.0 Å². The van der Waals surface area contributed by atoms with Gasteiger partial charge in [-0.25, -0.2) is 5.43 Å². The predicted octanol–water partition coefficient (Wildman–Crippen LogP) is 4.94. The first-order chi connectivity index (χ1) is 15.0. The van der Waals surface area contributed by atoms with E-state index in [0.717, 1.165) is 22.2 Å². The Labute approximate surface area is 190 Å². The molecule has 0 saturated heterocycles. The highest BCUT2D eigenvalue weighted by atomic mass is 79.9. The molecule has 2 aromatic carbocycles. The lowest BCUT2D eigenvalue weighted by Gasteiger charge is -2.12. The van der Waals surface area contributed by atoms with Crippen molar-refractivity contribution in [3.8, 4) is 11.5 Å². The second-order valence-corrected chi connectivity index (χ2v) is 7.74. The molecule has 1 heterocycles. The number of carbonyl (C=O) groups excluding carboxylic acids is 1. The molecule has 0 saturated carbocycles. The molecule has 7 heteroatoms. The largest absolute Gasteiger partial charge is 0.490 e. The molecule has 0 aliphatic rings. The summed E-state index contributed by atoms with van der Waals surface area (Å²) in [5.41, 5.74) is 6.14. The molecule has 160 valence electrons. The number of benzene rings is 2. The molecular weight excluding hydrogens is 458 g/mol. The van der Waals surface area contributed by atoms with Crippen molar-refractivity contribution in [2.75, 3.05) is 13.2 Å². The van der Waals surface area contributed by atoms with Crippen LogP contribution >= 0.6 is 15.9 Å². The Bertz CT molecular complexity index is 1060. The Hall–Kier alpha value is -3.19. The van der Waals surface area contributed by atoms with Gasteiger partial charge in [0.2, 0.25) is 0 Å². The van der Waals surface area contributed by atoms with Crippen molar-refractivity contribution in [1.82, 2.24) is 10.4 Å². The molecule has 1 N–H and O–H groups in total. The van der Waals surface area contributed by atoms with Crippen LogP contribution in [0.5, 0.6) is 11.5 Å². The number of hydrazone groups is 1.